The van der Waals surface area contributed by atoms with E-state index in [9.17, 15) is 9.59 Å². The Hall–Kier alpha value is -2.31. The molecular weight excluding hydrogens is 306 g/mol. The normalized spacial score (nSPS) is 21.6. The average Bonchev–Trinajstić information content (AvgIpc) is 3.07. The van der Waals surface area contributed by atoms with Gasteiger partial charge in [0.1, 0.15) is 5.82 Å². The largest absolute Gasteiger partial charge is 0.311 e. The van der Waals surface area contributed by atoms with E-state index < -0.39 is 0 Å². The third kappa shape index (κ3) is 2.39. The van der Waals surface area contributed by atoms with E-state index in [1.54, 1.807) is 4.68 Å². The molecule has 24 heavy (non-hydrogen) atoms. The molecule has 4 rings (SSSR count). The Kier molecular flexibility index (Phi) is 3.58. The number of carbonyl (C=O) groups excluding carboxylic acids is 1. The van der Waals surface area contributed by atoms with Crippen molar-refractivity contribution in [2.24, 2.45) is 7.05 Å². The highest BCUT2D eigenvalue weighted by atomic mass is 16.2. The number of hydrogen-bond acceptors (Lipinski definition) is 3. The van der Waals surface area contributed by atoms with E-state index in [0.717, 1.165) is 24.1 Å². The van der Waals surface area contributed by atoms with Crippen molar-refractivity contribution in [1.29, 1.82) is 0 Å². The smallest absolute Gasteiger partial charge is 0.270 e. The first-order chi connectivity index (χ1) is 11.5. The fourth-order valence-corrected chi connectivity index (χ4v) is 4.22. The quantitative estimate of drug-likeness (QED) is 0.886. The third-order valence-electron chi connectivity index (χ3n) is 5.33. The molecule has 2 aliphatic rings. The van der Waals surface area contributed by atoms with Gasteiger partial charge < -0.3 is 5.32 Å². The van der Waals surface area contributed by atoms with Gasteiger partial charge in [0.25, 0.3) is 5.56 Å². The van der Waals surface area contributed by atoms with Crippen molar-refractivity contribution >= 4 is 11.7 Å². The Morgan fingerprint density at radius 3 is 2.62 bits per heavy atom. The lowest BCUT2D eigenvalue weighted by Gasteiger charge is -2.27. The maximum Gasteiger partial charge on any atom is 0.270 e. The monoisotopic (exact) mass is 329 g/mol. The Bertz CT molecular complexity index is 838. The molecule has 7 nitrogen and oxygen atoms in total. The molecule has 2 N–H and O–H groups in total. The van der Waals surface area contributed by atoms with Gasteiger partial charge in [-0.25, -0.2) is 0 Å². The predicted molar refractivity (Wildman–Crippen MR) is 90.2 cm³/mol. The van der Waals surface area contributed by atoms with Crippen molar-refractivity contribution in [2.45, 2.75) is 57.4 Å². The molecule has 0 aromatic carbocycles. The number of nitrogens with zero attached hydrogens (tertiary/aromatic N) is 3. The summed E-state index contributed by atoms with van der Waals surface area (Å²) in [7, 11) is 1.86. The number of aromatic amines is 1. The maximum absolute atomic E-state index is 12.7. The molecule has 0 saturated heterocycles. The standard InChI is InChI=1S/C17H23N5O2/c1-10-13(9-21(2)19-10)12-8-14(23)18-16-15(12)17(24)20-22(16)11-6-4-3-5-7-11/h9,11-12H,3-8H2,1-2H3,(H,18,23)(H,20,24)/t12-/m1/s1. The number of aromatic nitrogens is 4. The number of fused-ring (bicyclic) bond motifs is 1. The van der Waals surface area contributed by atoms with Crippen molar-refractivity contribution < 1.29 is 4.79 Å². The van der Waals surface area contributed by atoms with Gasteiger partial charge in [-0.15, -0.1) is 0 Å². The van der Waals surface area contributed by atoms with Crippen LogP contribution in [-0.4, -0.2) is 25.5 Å². The lowest BCUT2D eigenvalue weighted by molar-refractivity contribution is -0.116. The van der Waals surface area contributed by atoms with Crippen LogP contribution in [0.5, 0.6) is 0 Å². The molecule has 0 radical (unpaired) electrons. The van der Waals surface area contributed by atoms with Gasteiger partial charge in [-0.05, 0) is 19.8 Å². The van der Waals surface area contributed by atoms with Gasteiger partial charge in [0.05, 0.1) is 17.3 Å². The minimum Gasteiger partial charge on any atom is -0.311 e. The Morgan fingerprint density at radius 1 is 1.21 bits per heavy atom. The van der Waals surface area contributed by atoms with Gasteiger partial charge in [0, 0.05) is 31.1 Å². The summed E-state index contributed by atoms with van der Waals surface area (Å²) in [5.74, 6) is 0.395. The molecule has 1 fully saturated rings. The number of H-pyrrole nitrogens is 1. The summed E-state index contributed by atoms with van der Waals surface area (Å²) in [5.41, 5.74) is 2.41. The third-order valence-corrected chi connectivity index (χ3v) is 5.33. The summed E-state index contributed by atoms with van der Waals surface area (Å²) < 4.78 is 3.65. The van der Waals surface area contributed by atoms with Crippen molar-refractivity contribution in [1.82, 2.24) is 19.6 Å². The van der Waals surface area contributed by atoms with Crippen LogP contribution in [0.3, 0.4) is 0 Å². The zero-order valence-corrected chi connectivity index (χ0v) is 14.1. The van der Waals surface area contributed by atoms with Crippen molar-refractivity contribution in [3.05, 3.63) is 33.4 Å². The molecule has 1 aliphatic carbocycles. The summed E-state index contributed by atoms with van der Waals surface area (Å²) in [6.45, 7) is 1.92. The predicted octanol–water partition coefficient (Wildman–Crippen LogP) is 2.20. The number of anilines is 1. The van der Waals surface area contributed by atoms with E-state index in [4.69, 9.17) is 0 Å². The molecule has 0 unspecified atom stereocenters. The highest BCUT2D eigenvalue weighted by molar-refractivity contribution is 5.94. The molecule has 1 atom stereocenters. The highest BCUT2D eigenvalue weighted by Gasteiger charge is 2.35. The first kappa shape index (κ1) is 15.2. The highest BCUT2D eigenvalue weighted by Crippen LogP contribution is 2.39. The zero-order valence-electron chi connectivity index (χ0n) is 14.1. The second-order valence-corrected chi connectivity index (χ2v) is 7.01. The van der Waals surface area contributed by atoms with Gasteiger partial charge in [-0.1, -0.05) is 19.3 Å². The molecule has 0 bridgehead atoms. The van der Waals surface area contributed by atoms with E-state index in [2.05, 4.69) is 15.5 Å². The number of hydrogen-bond donors (Lipinski definition) is 2. The van der Waals surface area contributed by atoms with E-state index in [-0.39, 0.29) is 29.8 Å². The van der Waals surface area contributed by atoms with E-state index in [1.807, 2.05) is 24.9 Å². The van der Waals surface area contributed by atoms with E-state index in [0.29, 0.717) is 11.4 Å². The average molecular weight is 329 g/mol. The molecule has 3 heterocycles. The topological polar surface area (TPSA) is 84.7 Å². The molecular formula is C17H23N5O2. The van der Waals surface area contributed by atoms with Crippen LogP contribution in [0.4, 0.5) is 5.82 Å². The summed E-state index contributed by atoms with van der Waals surface area (Å²) in [5, 5.41) is 10.3. The minimum absolute atomic E-state index is 0.0423. The van der Waals surface area contributed by atoms with Crippen LogP contribution >= 0.6 is 0 Å². The second-order valence-electron chi connectivity index (χ2n) is 7.01. The van der Waals surface area contributed by atoms with Crippen molar-refractivity contribution in [2.75, 3.05) is 5.32 Å². The molecule has 128 valence electrons. The SMILES string of the molecule is Cc1nn(C)cc1[C@H]1CC(=O)Nc2c1c(=O)[nH]n2C1CCCCC1. The zero-order chi connectivity index (χ0) is 16.8. The maximum atomic E-state index is 12.7. The van der Waals surface area contributed by atoms with Crippen LogP contribution in [-0.2, 0) is 11.8 Å². The van der Waals surface area contributed by atoms with E-state index >= 15 is 0 Å². The van der Waals surface area contributed by atoms with Crippen LogP contribution in [0.2, 0.25) is 0 Å². The Morgan fingerprint density at radius 2 is 1.96 bits per heavy atom. The van der Waals surface area contributed by atoms with Crippen LogP contribution < -0.4 is 10.9 Å². The van der Waals surface area contributed by atoms with Crippen LogP contribution in [0.15, 0.2) is 11.0 Å². The van der Waals surface area contributed by atoms with Gasteiger partial charge in [0.15, 0.2) is 0 Å². The van der Waals surface area contributed by atoms with Gasteiger partial charge in [-0.2, -0.15) is 5.10 Å². The summed E-state index contributed by atoms with van der Waals surface area (Å²) in [6, 6.07) is 0.268. The van der Waals surface area contributed by atoms with E-state index in [1.165, 1.54) is 19.3 Å². The summed E-state index contributed by atoms with van der Waals surface area (Å²) >= 11 is 0. The second kappa shape index (κ2) is 5.65. The van der Waals surface area contributed by atoms with Gasteiger partial charge >= 0.3 is 0 Å². The fourth-order valence-electron chi connectivity index (χ4n) is 4.22. The number of nitrogens with one attached hydrogen (secondary N) is 2. The number of aryl methyl sites for hydroxylation is 2. The first-order valence-corrected chi connectivity index (χ1v) is 8.69. The Labute approximate surface area is 140 Å². The number of rotatable bonds is 2. The number of carbonyl (C=O) groups is 1. The molecule has 2 aromatic rings. The van der Waals surface area contributed by atoms with Crippen LogP contribution in [0.1, 0.15) is 67.3 Å². The lowest BCUT2D eigenvalue weighted by Crippen LogP contribution is -2.28. The lowest BCUT2D eigenvalue weighted by atomic mass is 9.87. The molecule has 2 aromatic heterocycles. The van der Waals surface area contributed by atoms with Crippen molar-refractivity contribution in [3.8, 4) is 0 Å². The molecule has 1 saturated carbocycles. The molecule has 7 heteroatoms. The minimum atomic E-state index is -0.226. The molecule has 1 amide bonds. The number of amides is 1. The van der Waals surface area contributed by atoms with Gasteiger partial charge in [0.2, 0.25) is 5.91 Å². The Balaban J connectivity index is 1.82. The first-order valence-electron chi connectivity index (χ1n) is 8.69. The van der Waals surface area contributed by atoms with Gasteiger partial charge in [-0.3, -0.25) is 24.1 Å². The van der Waals surface area contributed by atoms with Crippen molar-refractivity contribution in [3.63, 3.8) is 0 Å². The summed E-state index contributed by atoms with van der Waals surface area (Å²) in [4.78, 5) is 25.0. The van der Waals surface area contributed by atoms with Crippen LogP contribution in [0, 0.1) is 6.92 Å². The summed E-state index contributed by atoms with van der Waals surface area (Å²) in [6.07, 6.45) is 7.87. The fraction of sp³-hybridized carbons (Fsp3) is 0.588. The molecule has 1 aliphatic heterocycles. The van der Waals surface area contributed by atoms with Crippen LogP contribution in [0.25, 0.3) is 0 Å². The molecule has 0 spiro atoms.